The molecule has 0 amide bonds. The largest absolute Gasteiger partial charge is 0.453 e. The first-order valence-corrected chi connectivity index (χ1v) is 22.2. The maximum Gasteiger partial charge on any atom is 0.181 e. The van der Waals surface area contributed by atoms with Gasteiger partial charge in [-0.05, 0) is 106 Å². The Bertz CT molecular complexity index is 2420. The summed E-state index contributed by atoms with van der Waals surface area (Å²) in [5, 5.41) is 0. The summed E-state index contributed by atoms with van der Waals surface area (Å²) in [5.41, 5.74) is 11.4. The van der Waals surface area contributed by atoms with Crippen LogP contribution in [0, 0.1) is 0 Å². The standard InChI is InChI=1S/C50H48N2O2S3/c1-29(2)35-21-15-22-36(30(3)4)43(35)39-25-27-41(55-39)45-47-48(52-57-51-47)46(42-28-26-40(56-42)44-37(31(5)6)23-16-24-38(44)32(7)8)50(54-34-19-13-10-14-20-34)49(45)53-33-17-11-9-12-18-33/h9-32H,1-8H3. The van der Waals surface area contributed by atoms with Crippen LogP contribution < -0.4 is 9.47 Å². The zero-order valence-corrected chi connectivity index (χ0v) is 36.2. The first-order chi connectivity index (χ1) is 27.6. The molecule has 0 aliphatic rings. The van der Waals surface area contributed by atoms with Gasteiger partial charge in [0.25, 0.3) is 0 Å². The second kappa shape index (κ2) is 16.4. The Kier molecular flexibility index (Phi) is 11.2. The van der Waals surface area contributed by atoms with Crippen LogP contribution >= 0.6 is 34.4 Å². The Labute approximate surface area is 349 Å². The topological polar surface area (TPSA) is 44.2 Å². The van der Waals surface area contributed by atoms with Gasteiger partial charge in [-0.25, -0.2) is 0 Å². The highest BCUT2D eigenvalue weighted by Crippen LogP contribution is 2.56. The van der Waals surface area contributed by atoms with E-state index >= 15 is 0 Å². The Morgan fingerprint density at radius 3 is 1.00 bits per heavy atom. The number of ether oxygens (including phenoxy) is 2. The van der Waals surface area contributed by atoms with Crippen molar-refractivity contribution in [1.29, 1.82) is 0 Å². The van der Waals surface area contributed by atoms with E-state index in [0.717, 1.165) is 31.9 Å². The second-order valence-electron chi connectivity index (χ2n) is 15.8. The summed E-state index contributed by atoms with van der Waals surface area (Å²) in [7, 11) is 0. The van der Waals surface area contributed by atoms with Gasteiger partial charge in [0, 0.05) is 19.5 Å². The van der Waals surface area contributed by atoms with Gasteiger partial charge in [-0.15, -0.1) is 22.7 Å². The van der Waals surface area contributed by atoms with Crippen molar-refractivity contribution < 1.29 is 9.47 Å². The number of thiophene rings is 2. The lowest BCUT2D eigenvalue weighted by Gasteiger charge is -2.20. The van der Waals surface area contributed by atoms with Crippen molar-refractivity contribution in [1.82, 2.24) is 8.75 Å². The van der Waals surface area contributed by atoms with E-state index < -0.39 is 0 Å². The molecule has 0 saturated heterocycles. The molecule has 0 aliphatic carbocycles. The van der Waals surface area contributed by atoms with Crippen LogP contribution in [-0.2, 0) is 0 Å². The van der Waals surface area contributed by atoms with Gasteiger partial charge in [0.05, 0.1) is 22.9 Å². The number of para-hydroxylation sites is 2. The highest BCUT2D eigenvalue weighted by atomic mass is 32.1. The van der Waals surface area contributed by atoms with Crippen LogP contribution in [0.4, 0.5) is 0 Å². The van der Waals surface area contributed by atoms with E-state index in [9.17, 15) is 0 Å². The molecule has 0 spiro atoms. The molecule has 5 aromatic carbocycles. The molecule has 0 fully saturated rings. The van der Waals surface area contributed by atoms with Crippen LogP contribution in [0.5, 0.6) is 23.0 Å². The van der Waals surface area contributed by atoms with Crippen LogP contribution in [-0.4, -0.2) is 8.75 Å². The molecule has 8 aromatic rings. The number of aromatic nitrogens is 2. The molecule has 57 heavy (non-hydrogen) atoms. The minimum Gasteiger partial charge on any atom is -0.453 e. The van der Waals surface area contributed by atoms with Gasteiger partial charge in [-0.1, -0.05) is 128 Å². The summed E-state index contributed by atoms with van der Waals surface area (Å²) in [6.07, 6.45) is 0. The van der Waals surface area contributed by atoms with Crippen LogP contribution in [0.25, 0.3) is 52.8 Å². The Morgan fingerprint density at radius 1 is 0.368 bits per heavy atom. The van der Waals surface area contributed by atoms with Gasteiger partial charge in [0.15, 0.2) is 11.5 Å². The molecule has 8 rings (SSSR count). The zero-order chi connectivity index (χ0) is 39.8. The predicted molar refractivity (Wildman–Crippen MR) is 244 cm³/mol. The first-order valence-electron chi connectivity index (χ1n) is 19.8. The summed E-state index contributed by atoms with van der Waals surface area (Å²) in [6.45, 7) is 18.2. The summed E-state index contributed by atoms with van der Waals surface area (Å²) in [4.78, 5) is 4.54. The molecule has 0 aliphatic heterocycles. The number of nitrogens with zero attached hydrogens (tertiary/aromatic N) is 2. The van der Waals surface area contributed by atoms with Crippen molar-refractivity contribution in [2.24, 2.45) is 0 Å². The first kappa shape index (κ1) is 38.8. The lowest BCUT2D eigenvalue weighted by Crippen LogP contribution is -1.98. The van der Waals surface area contributed by atoms with E-state index in [2.05, 4.69) is 116 Å². The minimum absolute atomic E-state index is 0.376. The van der Waals surface area contributed by atoms with Gasteiger partial charge in [0.1, 0.15) is 22.5 Å². The summed E-state index contributed by atoms with van der Waals surface area (Å²) >= 11 is 4.78. The van der Waals surface area contributed by atoms with Crippen molar-refractivity contribution in [3.63, 3.8) is 0 Å². The third-order valence-electron chi connectivity index (χ3n) is 10.5. The SMILES string of the molecule is CC(C)c1cccc(C(C)C)c1-c1ccc(-c2c(Oc3ccccc3)c(Oc3ccccc3)c(-c3ccc(-c4c(C(C)C)cccc4C(C)C)s3)c3nsnc23)s1. The van der Waals surface area contributed by atoms with Gasteiger partial charge < -0.3 is 9.47 Å². The fourth-order valence-electron chi connectivity index (χ4n) is 7.71. The van der Waals surface area contributed by atoms with E-state index in [0.29, 0.717) is 46.7 Å². The molecule has 0 saturated carbocycles. The lowest BCUT2D eigenvalue weighted by molar-refractivity contribution is 0.422. The summed E-state index contributed by atoms with van der Waals surface area (Å²) < 4.78 is 24.2. The maximum atomic E-state index is 7.06. The Morgan fingerprint density at radius 2 is 0.684 bits per heavy atom. The lowest BCUT2D eigenvalue weighted by atomic mass is 9.88. The molecule has 3 aromatic heterocycles. The Balaban J connectivity index is 1.41. The van der Waals surface area contributed by atoms with Crippen LogP contribution in [0.15, 0.2) is 121 Å². The normalized spacial score (nSPS) is 11.8. The average molecular weight is 805 g/mol. The molecule has 0 unspecified atom stereocenters. The smallest absolute Gasteiger partial charge is 0.181 e. The third-order valence-corrected chi connectivity index (χ3v) is 13.3. The Hall–Kier alpha value is -5.08. The number of benzene rings is 5. The van der Waals surface area contributed by atoms with Gasteiger partial charge in [-0.2, -0.15) is 8.75 Å². The van der Waals surface area contributed by atoms with E-state index in [1.807, 2.05) is 60.7 Å². The molecule has 0 atom stereocenters. The van der Waals surface area contributed by atoms with Crippen molar-refractivity contribution in [2.45, 2.75) is 79.1 Å². The summed E-state index contributed by atoms with van der Waals surface area (Å²) in [5.74, 6) is 4.18. The quantitative estimate of drug-likeness (QED) is 0.123. The molecule has 4 nitrogen and oxygen atoms in total. The average Bonchev–Trinajstić information content (AvgIpc) is 4.01. The molecule has 0 radical (unpaired) electrons. The van der Waals surface area contributed by atoms with E-state index in [1.54, 1.807) is 22.7 Å². The zero-order valence-electron chi connectivity index (χ0n) is 33.8. The molecule has 0 N–H and O–H groups in total. The predicted octanol–water partition coefficient (Wildman–Crippen LogP) is 16.6. The van der Waals surface area contributed by atoms with Crippen molar-refractivity contribution in [2.75, 3.05) is 0 Å². The van der Waals surface area contributed by atoms with Gasteiger partial charge in [0.2, 0.25) is 0 Å². The number of hydrogen-bond donors (Lipinski definition) is 0. The third kappa shape index (κ3) is 7.56. The minimum atomic E-state index is 0.376. The van der Waals surface area contributed by atoms with Crippen molar-refractivity contribution in [3.05, 3.63) is 144 Å². The fourth-order valence-corrected chi connectivity index (χ4v) is 10.5. The molecular formula is C50H48N2O2S3. The van der Waals surface area contributed by atoms with E-state index in [-0.39, 0.29) is 0 Å². The molecule has 7 heteroatoms. The summed E-state index contributed by atoms with van der Waals surface area (Å²) in [6, 6.07) is 42.5. The molecular weight excluding hydrogens is 757 g/mol. The number of rotatable bonds is 12. The van der Waals surface area contributed by atoms with Crippen LogP contribution in [0.3, 0.4) is 0 Å². The second-order valence-corrected chi connectivity index (χ2v) is 18.5. The van der Waals surface area contributed by atoms with E-state index in [1.165, 1.54) is 54.9 Å². The molecule has 3 heterocycles. The van der Waals surface area contributed by atoms with E-state index in [4.69, 9.17) is 18.2 Å². The van der Waals surface area contributed by atoms with Crippen molar-refractivity contribution >= 4 is 45.4 Å². The number of hydrogen-bond acceptors (Lipinski definition) is 7. The van der Waals surface area contributed by atoms with Crippen LogP contribution in [0.2, 0.25) is 0 Å². The monoisotopic (exact) mass is 804 g/mol. The molecule has 0 bridgehead atoms. The number of fused-ring (bicyclic) bond motifs is 1. The maximum absolute atomic E-state index is 7.06. The van der Waals surface area contributed by atoms with Gasteiger partial charge in [-0.3, -0.25) is 0 Å². The fraction of sp³-hybridized carbons (Fsp3) is 0.240. The highest BCUT2D eigenvalue weighted by Gasteiger charge is 2.31. The molecule has 288 valence electrons. The van der Waals surface area contributed by atoms with Crippen LogP contribution in [0.1, 0.15) is 101 Å². The van der Waals surface area contributed by atoms with Gasteiger partial charge >= 0.3 is 0 Å². The highest BCUT2D eigenvalue weighted by molar-refractivity contribution is 7.19. The van der Waals surface area contributed by atoms with Crippen molar-refractivity contribution in [3.8, 4) is 64.8 Å².